The van der Waals surface area contributed by atoms with E-state index in [0.29, 0.717) is 0 Å². The predicted octanol–water partition coefficient (Wildman–Crippen LogP) is 1.03. The van der Waals surface area contributed by atoms with Crippen LogP contribution in [0.2, 0.25) is 0 Å². The number of aromatic amines is 1. The molecule has 0 aromatic carbocycles. The number of aromatic nitrogens is 1. The Morgan fingerprint density at radius 1 is 1.50 bits per heavy atom. The monoisotopic (exact) mass is 178 g/mol. The summed E-state index contributed by atoms with van der Waals surface area (Å²) in [6, 6.07) is 0. The Balaban J connectivity index is 3.44. The Bertz CT molecular complexity index is 347. The first-order valence-corrected chi connectivity index (χ1v) is 2.98. The summed E-state index contributed by atoms with van der Waals surface area (Å²) in [5, 5.41) is 0. The van der Waals surface area contributed by atoms with Crippen LogP contribution in [0.15, 0.2) is 11.0 Å². The van der Waals surface area contributed by atoms with Crippen LogP contribution in [0.25, 0.3) is 0 Å². The second-order valence-electron chi connectivity index (χ2n) is 2.10. The average Bonchev–Trinajstić information content (AvgIpc) is 1.97. The molecule has 3 N–H and O–H groups in total. The van der Waals surface area contributed by atoms with Crippen LogP contribution in [0.3, 0.4) is 0 Å². The molecule has 12 heavy (non-hydrogen) atoms. The van der Waals surface area contributed by atoms with Crippen molar-refractivity contribution < 1.29 is 13.2 Å². The minimum absolute atomic E-state index is 0.424. The highest BCUT2D eigenvalue weighted by Gasteiger charge is 2.19. The fraction of sp³-hybridized carbons (Fsp3) is 0.167. The van der Waals surface area contributed by atoms with E-state index < -0.39 is 29.1 Å². The summed E-state index contributed by atoms with van der Waals surface area (Å²) < 4.78 is 36.4. The van der Waals surface area contributed by atoms with Crippen molar-refractivity contribution in [3.05, 3.63) is 27.9 Å². The fourth-order valence-corrected chi connectivity index (χ4v) is 0.734. The van der Waals surface area contributed by atoms with Crippen molar-refractivity contribution in [2.45, 2.75) is 6.43 Å². The highest BCUT2D eigenvalue weighted by atomic mass is 19.3. The molecule has 0 saturated heterocycles. The van der Waals surface area contributed by atoms with Crippen molar-refractivity contribution >= 4 is 5.69 Å². The third-order valence-corrected chi connectivity index (χ3v) is 1.32. The van der Waals surface area contributed by atoms with Crippen LogP contribution < -0.4 is 11.2 Å². The van der Waals surface area contributed by atoms with Gasteiger partial charge in [-0.2, -0.15) is 4.39 Å². The van der Waals surface area contributed by atoms with Gasteiger partial charge in [0.15, 0.2) is 0 Å². The number of nitrogens with one attached hydrogen (secondary N) is 1. The quantitative estimate of drug-likeness (QED) is 0.631. The molecular weight excluding hydrogens is 173 g/mol. The van der Waals surface area contributed by atoms with Gasteiger partial charge in [-0.3, -0.25) is 4.79 Å². The topological polar surface area (TPSA) is 58.9 Å². The molecular formula is C6H5F3N2O. The van der Waals surface area contributed by atoms with Crippen LogP contribution in [0, 0.1) is 5.95 Å². The van der Waals surface area contributed by atoms with Gasteiger partial charge in [-0.05, 0) is 0 Å². The Hall–Kier alpha value is -1.46. The van der Waals surface area contributed by atoms with Gasteiger partial charge in [-0.15, -0.1) is 0 Å². The number of pyridine rings is 1. The average molecular weight is 178 g/mol. The summed E-state index contributed by atoms with van der Waals surface area (Å²) in [5.74, 6) is -1.34. The molecule has 0 radical (unpaired) electrons. The van der Waals surface area contributed by atoms with Crippen LogP contribution in [-0.2, 0) is 0 Å². The van der Waals surface area contributed by atoms with Crippen molar-refractivity contribution in [2.24, 2.45) is 0 Å². The molecule has 0 atom stereocenters. The lowest BCUT2D eigenvalue weighted by Gasteiger charge is -2.00. The molecule has 0 amide bonds. The van der Waals surface area contributed by atoms with E-state index in [1.165, 1.54) is 0 Å². The Morgan fingerprint density at radius 3 is 2.50 bits per heavy atom. The first-order chi connectivity index (χ1) is 5.54. The van der Waals surface area contributed by atoms with Crippen molar-refractivity contribution in [3.8, 4) is 0 Å². The predicted molar refractivity (Wildman–Crippen MR) is 36.4 cm³/mol. The Morgan fingerprint density at radius 2 is 2.08 bits per heavy atom. The van der Waals surface area contributed by atoms with Crippen LogP contribution in [-0.4, -0.2) is 4.98 Å². The molecule has 3 nitrogen and oxygen atoms in total. The van der Waals surface area contributed by atoms with E-state index in [1.807, 2.05) is 4.98 Å². The zero-order chi connectivity index (χ0) is 9.30. The highest BCUT2D eigenvalue weighted by molar-refractivity contribution is 5.38. The molecule has 0 aliphatic carbocycles. The number of H-pyrrole nitrogens is 1. The lowest BCUT2D eigenvalue weighted by atomic mass is 10.2. The molecule has 0 bridgehead atoms. The summed E-state index contributed by atoms with van der Waals surface area (Å²) >= 11 is 0. The number of rotatable bonds is 1. The zero-order valence-electron chi connectivity index (χ0n) is 5.77. The van der Waals surface area contributed by atoms with E-state index in [9.17, 15) is 18.0 Å². The van der Waals surface area contributed by atoms with Gasteiger partial charge in [0.2, 0.25) is 11.4 Å². The smallest absolute Gasteiger partial charge is 0.272 e. The molecule has 0 unspecified atom stereocenters. The minimum atomic E-state index is -3.16. The Kier molecular flexibility index (Phi) is 2.07. The van der Waals surface area contributed by atoms with E-state index in [2.05, 4.69) is 0 Å². The van der Waals surface area contributed by atoms with Crippen molar-refractivity contribution in [1.29, 1.82) is 0 Å². The Labute approximate surface area is 65.0 Å². The summed E-state index contributed by atoms with van der Waals surface area (Å²) in [7, 11) is 0. The molecule has 0 spiro atoms. The van der Waals surface area contributed by atoms with Gasteiger partial charge in [-0.1, -0.05) is 0 Å². The molecule has 1 aromatic heterocycles. The fourth-order valence-electron chi connectivity index (χ4n) is 0.734. The van der Waals surface area contributed by atoms with Crippen LogP contribution >= 0.6 is 0 Å². The second kappa shape index (κ2) is 2.88. The number of nitrogens with two attached hydrogens (primary N) is 1. The molecule has 6 heteroatoms. The normalized spacial score (nSPS) is 10.7. The van der Waals surface area contributed by atoms with E-state index in [0.717, 1.165) is 6.20 Å². The first kappa shape index (κ1) is 8.63. The van der Waals surface area contributed by atoms with Gasteiger partial charge in [0.25, 0.3) is 6.43 Å². The second-order valence-corrected chi connectivity index (χ2v) is 2.10. The third-order valence-electron chi connectivity index (χ3n) is 1.32. The van der Waals surface area contributed by atoms with Gasteiger partial charge in [0, 0.05) is 6.20 Å². The first-order valence-electron chi connectivity index (χ1n) is 2.98. The van der Waals surface area contributed by atoms with E-state index in [-0.39, 0.29) is 0 Å². The van der Waals surface area contributed by atoms with Crippen molar-refractivity contribution in [1.82, 2.24) is 4.98 Å². The minimum Gasteiger partial charge on any atom is -0.394 e. The number of nitrogen functional groups attached to an aromatic ring is 1. The molecule has 66 valence electrons. The molecule has 0 saturated carbocycles. The van der Waals surface area contributed by atoms with Crippen molar-refractivity contribution in [2.75, 3.05) is 5.73 Å². The van der Waals surface area contributed by atoms with Crippen LogP contribution in [0.4, 0.5) is 18.9 Å². The number of hydrogen-bond donors (Lipinski definition) is 2. The standard InChI is InChI=1S/C6H5F3N2O/c7-5(8)3-4(12)2(10)1-11-6(3)9/h1,5H,10H2,(H,11,12). The van der Waals surface area contributed by atoms with Gasteiger partial charge in [-0.25, -0.2) is 8.78 Å². The summed E-state index contributed by atoms with van der Waals surface area (Å²) in [5.41, 5.74) is 2.18. The van der Waals surface area contributed by atoms with Gasteiger partial charge in [0.05, 0.1) is 5.69 Å². The number of anilines is 1. The number of alkyl halides is 2. The SMILES string of the molecule is Nc1c[nH]c(F)c(C(F)F)c1=O. The maximum Gasteiger partial charge on any atom is 0.272 e. The van der Waals surface area contributed by atoms with Gasteiger partial charge >= 0.3 is 0 Å². The lowest BCUT2D eigenvalue weighted by molar-refractivity contribution is 0.144. The summed E-state index contributed by atoms with van der Waals surface area (Å²) in [6.45, 7) is 0. The molecule has 1 rings (SSSR count). The number of halogens is 3. The highest BCUT2D eigenvalue weighted by Crippen LogP contribution is 2.17. The van der Waals surface area contributed by atoms with E-state index in [1.54, 1.807) is 0 Å². The third kappa shape index (κ3) is 1.27. The molecule has 0 aliphatic rings. The van der Waals surface area contributed by atoms with Crippen molar-refractivity contribution in [3.63, 3.8) is 0 Å². The molecule has 1 aromatic rings. The molecule has 0 aliphatic heterocycles. The van der Waals surface area contributed by atoms with E-state index >= 15 is 0 Å². The summed E-state index contributed by atoms with van der Waals surface area (Å²) in [6.07, 6.45) is -2.32. The lowest BCUT2D eigenvalue weighted by Crippen LogP contribution is -2.17. The van der Waals surface area contributed by atoms with Crippen LogP contribution in [0.5, 0.6) is 0 Å². The summed E-state index contributed by atoms with van der Waals surface area (Å²) in [4.78, 5) is 12.6. The van der Waals surface area contributed by atoms with Gasteiger partial charge in [0.1, 0.15) is 5.56 Å². The van der Waals surface area contributed by atoms with E-state index in [4.69, 9.17) is 5.73 Å². The zero-order valence-corrected chi connectivity index (χ0v) is 5.77. The maximum absolute atomic E-state index is 12.5. The maximum atomic E-state index is 12.5. The van der Waals surface area contributed by atoms with Crippen LogP contribution in [0.1, 0.15) is 12.0 Å². The number of hydrogen-bond acceptors (Lipinski definition) is 2. The molecule has 0 fully saturated rings. The largest absolute Gasteiger partial charge is 0.394 e. The molecule has 1 heterocycles. The van der Waals surface area contributed by atoms with Gasteiger partial charge < -0.3 is 10.7 Å².